The van der Waals surface area contributed by atoms with E-state index in [1.807, 2.05) is 30.3 Å². The second kappa shape index (κ2) is 9.89. The molecule has 5 nitrogen and oxygen atoms in total. The van der Waals surface area contributed by atoms with Gasteiger partial charge in [0.25, 0.3) is 0 Å². The van der Waals surface area contributed by atoms with Crippen LogP contribution in [0.25, 0.3) is 72.2 Å². The largest absolute Gasteiger partial charge is 0.456 e. The number of benzene rings is 5. The smallest absolute Gasteiger partial charge is 0.238 e. The third-order valence-corrected chi connectivity index (χ3v) is 8.57. The van der Waals surface area contributed by atoms with Crippen molar-refractivity contribution in [3.05, 3.63) is 145 Å². The number of para-hydroxylation sites is 2. The van der Waals surface area contributed by atoms with E-state index in [1.54, 1.807) is 0 Å². The van der Waals surface area contributed by atoms with Crippen LogP contribution < -0.4 is 0 Å². The molecule has 1 atom stereocenters. The minimum atomic E-state index is 0.0874. The molecule has 8 aromatic rings. The monoisotopic (exact) mass is 566 g/mol. The second-order valence-corrected chi connectivity index (χ2v) is 11.2. The van der Waals surface area contributed by atoms with E-state index in [-0.39, 0.29) is 5.92 Å². The standard InChI is InChI=1S/C39H26N4O/c1-3-11-25(12-4-1)37-40-38(26-13-5-2-6-14-26)42-39(41-37)43-33-17-9-7-15-29(33)30-21-19-28(24-34(30)43)27-20-22-36-32(23-27)31-16-8-10-18-35(31)44-36/h1-13,15-24,26H,14H2. The molecule has 1 aliphatic carbocycles. The molecule has 0 fully saturated rings. The summed E-state index contributed by atoms with van der Waals surface area (Å²) in [5.74, 6) is 2.16. The van der Waals surface area contributed by atoms with Crippen LogP contribution in [0.3, 0.4) is 0 Å². The number of nitrogens with zero attached hydrogens (tertiary/aromatic N) is 4. The zero-order valence-corrected chi connectivity index (χ0v) is 23.8. The molecule has 0 spiro atoms. The van der Waals surface area contributed by atoms with Crippen molar-refractivity contribution in [1.82, 2.24) is 19.5 Å². The molecule has 1 aliphatic rings. The van der Waals surface area contributed by atoms with E-state index in [2.05, 4.69) is 114 Å². The lowest BCUT2D eigenvalue weighted by molar-refractivity contribution is 0.669. The first kappa shape index (κ1) is 24.8. The van der Waals surface area contributed by atoms with E-state index in [0.29, 0.717) is 11.8 Å². The number of hydrogen-bond acceptors (Lipinski definition) is 4. The van der Waals surface area contributed by atoms with Crippen LogP contribution in [0, 0.1) is 0 Å². The summed E-state index contributed by atoms with van der Waals surface area (Å²) in [6.45, 7) is 0. The summed E-state index contributed by atoms with van der Waals surface area (Å²) in [6.07, 6.45) is 9.36. The molecule has 0 radical (unpaired) electrons. The number of fused-ring (bicyclic) bond motifs is 6. The molecule has 9 rings (SSSR count). The van der Waals surface area contributed by atoms with Gasteiger partial charge < -0.3 is 4.42 Å². The van der Waals surface area contributed by atoms with Crippen LogP contribution >= 0.6 is 0 Å². The third kappa shape index (κ3) is 3.97. The van der Waals surface area contributed by atoms with Gasteiger partial charge in [-0.15, -0.1) is 0 Å². The molecule has 0 N–H and O–H groups in total. The molecule has 0 amide bonds. The molecule has 0 saturated heterocycles. The van der Waals surface area contributed by atoms with Crippen molar-refractivity contribution < 1.29 is 4.42 Å². The zero-order valence-electron chi connectivity index (χ0n) is 23.8. The fraction of sp³-hybridized carbons (Fsp3) is 0.0513. The Balaban J connectivity index is 1.28. The first-order valence-corrected chi connectivity index (χ1v) is 14.9. The highest BCUT2D eigenvalue weighted by atomic mass is 16.3. The Hall–Kier alpha value is -5.81. The predicted octanol–water partition coefficient (Wildman–Crippen LogP) is 9.80. The molecule has 3 heterocycles. The van der Waals surface area contributed by atoms with Crippen molar-refractivity contribution >= 4 is 43.7 Å². The van der Waals surface area contributed by atoms with Gasteiger partial charge >= 0.3 is 0 Å². The Morgan fingerprint density at radius 2 is 1.32 bits per heavy atom. The molecule has 0 aliphatic heterocycles. The number of rotatable bonds is 4. The number of furan rings is 1. The SMILES string of the molecule is C1=CCC(c2nc(-c3ccccc3)nc(-n3c4ccccc4c4ccc(-c5ccc6oc7ccccc7c6c5)cc43)n2)C=C1. The fourth-order valence-electron chi connectivity index (χ4n) is 6.41. The van der Waals surface area contributed by atoms with Gasteiger partial charge in [-0.25, -0.2) is 4.98 Å². The van der Waals surface area contributed by atoms with Gasteiger partial charge in [-0.1, -0.05) is 109 Å². The molecular formula is C39H26N4O. The van der Waals surface area contributed by atoms with Crippen LogP contribution in [-0.2, 0) is 0 Å². The van der Waals surface area contributed by atoms with Gasteiger partial charge in [-0.2, -0.15) is 9.97 Å². The van der Waals surface area contributed by atoms with Crippen molar-refractivity contribution in [3.8, 4) is 28.5 Å². The Bertz CT molecular complexity index is 2430. The zero-order chi connectivity index (χ0) is 29.0. The minimum absolute atomic E-state index is 0.0874. The van der Waals surface area contributed by atoms with Crippen LogP contribution in [0.2, 0.25) is 0 Å². The molecule has 5 heteroatoms. The quantitative estimate of drug-likeness (QED) is 0.213. The number of hydrogen-bond donors (Lipinski definition) is 0. The van der Waals surface area contributed by atoms with Gasteiger partial charge in [-0.3, -0.25) is 4.57 Å². The maximum atomic E-state index is 6.10. The normalized spacial score (nSPS) is 14.8. The average molecular weight is 567 g/mol. The van der Waals surface area contributed by atoms with E-state index in [1.165, 1.54) is 0 Å². The maximum Gasteiger partial charge on any atom is 0.238 e. The highest BCUT2D eigenvalue weighted by Crippen LogP contribution is 2.37. The highest BCUT2D eigenvalue weighted by molar-refractivity contribution is 6.10. The third-order valence-electron chi connectivity index (χ3n) is 8.57. The Morgan fingerprint density at radius 1 is 0.568 bits per heavy atom. The molecular weight excluding hydrogens is 540 g/mol. The van der Waals surface area contributed by atoms with Crippen LogP contribution in [-0.4, -0.2) is 19.5 Å². The molecule has 3 aromatic heterocycles. The molecule has 5 aromatic carbocycles. The lowest BCUT2D eigenvalue weighted by atomic mass is 10.00. The van der Waals surface area contributed by atoms with E-state index >= 15 is 0 Å². The van der Waals surface area contributed by atoms with Crippen molar-refractivity contribution in [3.63, 3.8) is 0 Å². The second-order valence-electron chi connectivity index (χ2n) is 11.2. The number of aromatic nitrogens is 4. The summed E-state index contributed by atoms with van der Waals surface area (Å²) >= 11 is 0. The topological polar surface area (TPSA) is 56.7 Å². The van der Waals surface area contributed by atoms with Gasteiger partial charge in [0, 0.05) is 33.0 Å². The summed E-state index contributed by atoms with van der Waals surface area (Å²) in [7, 11) is 0. The fourth-order valence-corrected chi connectivity index (χ4v) is 6.41. The lowest BCUT2D eigenvalue weighted by Crippen LogP contribution is -2.11. The summed E-state index contributed by atoms with van der Waals surface area (Å²) in [4.78, 5) is 15.2. The van der Waals surface area contributed by atoms with E-state index in [9.17, 15) is 0 Å². The van der Waals surface area contributed by atoms with Gasteiger partial charge in [0.15, 0.2) is 5.82 Å². The molecule has 0 bridgehead atoms. The summed E-state index contributed by atoms with van der Waals surface area (Å²) in [5, 5.41) is 4.55. The summed E-state index contributed by atoms with van der Waals surface area (Å²) in [5.41, 5.74) is 7.12. The minimum Gasteiger partial charge on any atom is -0.456 e. The van der Waals surface area contributed by atoms with Gasteiger partial charge in [-0.05, 0) is 47.9 Å². The van der Waals surface area contributed by atoms with Crippen LogP contribution in [0.15, 0.2) is 144 Å². The van der Waals surface area contributed by atoms with Gasteiger partial charge in [0.1, 0.15) is 17.0 Å². The molecule has 44 heavy (non-hydrogen) atoms. The van der Waals surface area contributed by atoms with E-state index in [4.69, 9.17) is 19.4 Å². The van der Waals surface area contributed by atoms with Gasteiger partial charge in [0.05, 0.1) is 11.0 Å². The van der Waals surface area contributed by atoms with E-state index < -0.39 is 0 Å². The maximum absolute atomic E-state index is 6.10. The molecule has 1 unspecified atom stereocenters. The predicted molar refractivity (Wildman–Crippen MR) is 178 cm³/mol. The molecule has 208 valence electrons. The van der Waals surface area contributed by atoms with Gasteiger partial charge in [0.2, 0.25) is 5.95 Å². The Labute approximate surface area is 253 Å². The van der Waals surface area contributed by atoms with Crippen molar-refractivity contribution in [1.29, 1.82) is 0 Å². The lowest BCUT2D eigenvalue weighted by Gasteiger charge is -2.15. The van der Waals surface area contributed by atoms with Crippen molar-refractivity contribution in [2.24, 2.45) is 0 Å². The molecule has 0 saturated carbocycles. The van der Waals surface area contributed by atoms with Crippen LogP contribution in [0.4, 0.5) is 0 Å². The number of allylic oxidation sites excluding steroid dienone is 4. The van der Waals surface area contributed by atoms with Crippen molar-refractivity contribution in [2.75, 3.05) is 0 Å². The first-order valence-electron chi connectivity index (χ1n) is 14.9. The summed E-state index contributed by atoms with van der Waals surface area (Å²) in [6, 6.07) is 40.0. The summed E-state index contributed by atoms with van der Waals surface area (Å²) < 4.78 is 8.30. The Kier molecular flexibility index (Phi) is 5.56. The van der Waals surface area contributed by atoms with Crippen LogP contribution in [0.5, 0.6) is 0 Å². The van der Waals surface area contributed by atoms with E-state index in [0.717, 1.165) is 72.7 Å². The average Bonchev–Trinajstić information content (AvgIpc) is 3.64. The van der Waals surface area contributed by atoms with Crippen molar-refractivity contribution in [2.45, 2.75) is 12.3 Å². The highest BCUT2D eigenvalue weighted by Gasteiger charge is 2.21. The Morgan fingerprint density at radius 3 is 2.20 bits per heavy atom. The first-order chi connectivity index (χ1) is 21.8. The van der Waals surface area contributed by atoms with Crippen LogP contribution in [0.1, 0.15) is 18.2 Å².